The number of piperazine rings is 2. The Hall–Kier alpha value is -4.13. The second kappa shape index (κ2) is 14.4. The Morgan fingerprint density at radius 2 is 0.885 bits per heavy atom. The van der Waals surface area contributed by atoms with Gasteiger partial charge in [-0.15, -0.1) is 0 Å². The minimum absolute atomic E-state index is 0.168. The number of ether oxygens (including phenoxy) is 4. The summed E-state index contributed by atoms with van der Waals surface area (Å²) in [6, 6.07) is 17.1. The lowest BCUT2D eigenvalue weighted by atomic mass is 10.3. The van der Waals surface area contributed by atoms with Crippen LogP contribution in [0, 0.1) is 0 Å². The molecule has 5 heterocycles. The van der Waals surface area contributed by atoms with E-state index in [4.69, 9.17) is 18.9 Å². The van der Waals surface area contributed by atoms with Crippen LogP contribution in [0.3, 0.4) is 0 Å². The predicted molar refractivity (Wildman–Crippen MR) is 191 cm³/mol. The van der Waals surface area contributed by atoms with Gasteiger partial charge in [0.1, 0.15) is 0 Å². The molecule has 0 radical (unpaired) electrons. The van der Waals surface area contributed by atoms with Gasteiger partial charge in [-0.05, 0) is 36.4 Å². The Labute approximate surface area is 302 Å². The summed E-state index contributed by atoms with van der Waals surface area (Å²) >= 11 is 0. The van der Waals surface area contributed by atoms with E-state index < -0.39 is 20.0 Å². The number of hydrogen-bond donors (Lipinski definition) is 0. The van der Waals surface area contributed by atoms with Crippen LogP contribution in [0.2, 0.25) is 0 Å². The first-order valence-corrected chi connectivity index (χ1v) is 20.5. The highest BCUT2D eigenvalue weighted by Crippen LogP contribution is 2.34. The zero-order valence-corrected chi connectivity index (χ0v) is 30.4. The number of hydrogen-bond acceptors (Lipinski definition) is 11. The van der Waals surface area contributed by atoms with Crippen LogP contribution in [0.15, 0.2) is 75.2 Å². The highest BCUT2D eigenvalue weighted by molar-refractivity contribution is 7.89. The van der Waals surface area contributed by atoms with Crippen LogP contribution in [-0.4, -0.2) is 123 Å². The Bertz CT molecular complexity index is 2070. The molecule has 0 atom stereocenters. The normalized spacial score (nSPS) is 19.7. The predicted octanol–water partition coefficient (Wildman–Crippen LogP) is 2.05. The summed E-state index contributed by atoms with van der Waals surface area (Å²) in [5.41, 5.74) is 1.39. The average molecular weight is 755 g/mol. The molecule has 0 bridgehead atoms. The zero-order valence-electron chi connectivity index (χ0n) is 28.8. The molecule has 278 valence electrons. The molecule has 4 aromatic rings. The number of nitrogens with zero attached hydrogens (tertiary/aromatic N) is 6. The van der Waals surface area contributed by atoms with Crippen molar-refractivity contribution in [3.63, 3.8) is 0 Å². The maximum Gasteiger partial charge on any atom is 0.331 e. The molecule has 0 saturated carbocycles. The van der Waals surface area contributed by atoms with Crippen molar-refractivity contribution < 1.29 is 35.8 Å². The highest BCUT2D eigenvalue weighted by Gasteiger charge is 2.32. The lowest BCUT2D eigenvalue weighted by Crippen LogP contribution is -2.50. The molecule has 8 rings (SSSR count). The Kier molecular flexibility index (Phi) is 9.65. The van der Waals surface area contributed by atoms with Gasteiger partial charge in [0.15, 0.2) is 23.0 Å². The van der Waals surface area contributed by atoms with E-state index in [9.17, 15) is 21.6 Å². The smallest absolute Gasteiger partial charge is 0.331 e. The molecule has 4 aliphatic heterocycles. The SMILES string of the molecule is O=c1n(CN2CCN(S(=O)(=O)c3ccc4c(c3)OCCCO4)CC2)c2ccccc2n1CN1CCN(S(=O)(=O)c2ccc3c(c2)OCCCO3)CC1. The molecule has 2 fully saturated rings. The highest BCUT2D eigenvalue weighted by atomic mass is 32.2. The van der Waals surface area contributed by atoms with Gasteiger partial charge in [-0.1, -0.05) is 12.1 Å². The van der Waals surface area contributed by atoms with E-state index in [0.29, 0.717) is 88.9 Å². The van der Waals surface area contributed by atoms with E-state index in [1.807, 2.05) is 24.3 Å². The van der Waals surface area contributed by atoms with Crippen LogP contribution in [0.25, 0.3) is 11.0 Å². The summed E-state index contributed by atoms with van der Waals surface area (Å²) in [6.45, 7) is 5.55. The van der Waals surface area contributed by atoms with Crippen molar-refractivity contribution in [2.24, 2.45) is 0 Å². The summed E-state index contributed by atoms with van der Waals surface area (Å²) in [6.07, 6.45) is 1.46. The maximum absolute atomic E-state index is 14.0. The monoisotopic (exact) mass is 754 g/mol. The summed E-state index contributed by atoms with van der Waals surface area (Å²) in [4.78, 5) is 18.5. The molecule has 2 saturated heterocycles. The van der Waals surface area contributed by atoms with Crippen molar-refractivity contribution in [3.8, 4) is 23.0 Å². The Morgan fingerprint density at radius 3 is 1.29 bits per heavy atom. The molecule has 3 aromatic carbocycles. The van der Waals surface area contributed by atoms with Crippen LogP contribution < -0.4 is 24.6 Å². The zero-order chi connectivity index (χ0) is 35.9. The van der Waals surface area contributed by atoms with E-state index in [1.54, 1.807) is 33.4 Å². The summed E-state index contributed by atoms with van der Waals surface area (Å²) in [7, 11) is -7.50. The van der Waals surface area contributed by atoms with E-state index in [0.717, 1.165) is 23.9 Å². The molecule has 15 nitrogen and oxygen atoms in total. The number of rotatable bonds is 8. The standard InChI is InChI=1S/C35H42N6O9S2/c42-35-40(25-36-11-15-38(16-12-36)51(43,44)27-7-9-31-33(23-27)49-21-3-19-47-31)29-5-1-2-6-30(29)41(35)26-37-13-17-39(18-14-37)52(45,46)28-8-10-32-34(24-28)50-22-4-20-48-32/h1-2,5-10,23-24H,3-4,11-22,25-26H2. The van der Waals surface area contributed by atoms with Crippen LogP contribution >= 0.6 is 0 Å². The van der Waals surface area contributed by atoms with Gasteiger partial charge in [-0.3, -0.25) is 18.9 Å². The van der Waals surface area contributed by atoms with E-state index >= 15 is 0 Å². The third kappa shape index (κ3) is 6.76. The molecular formula is C35H42N6O9S2. The van der Waals surface area contributed by atoms with Crippen LogP contribution in [0.1, 0.15) is 12.8 Å². The van der Waals surface area contributed by atoms with Gasteiger partial charge in [-0.25, -0.2) is 21.6 Å². The number of benzene rings is 3. The molecule has 17 heteroatoms. The molecule has 0 spiro atoms. The first-order chi connectivity index (χ1) is 25.2. The largest absolute Gasteiger partial charge is 0.490 e. The van der Waals surface area contributed by atoms with E-state index in [2.05, 4.69) is 9.80 Å². The van der Waals surface area contributed by atoms with Gasteiger partial charge in [0, 0.05) is 77.3 Å². The average Bonchev–Trinajstić information content (AvgIpc) is 3.41. The Balaban J connectivity index is 0.917. The van der Waals surface area contributed by atoms with Gasteiger partial charge in [0.25, 0.3) is 0 Å². The molecule has 0 N–H and O–H groups in total. The lowest BCUT2D eigenvalue weighted by molar-refractivity contribution is 0.143. The van der Waals surface area contributed by atoms with Crippen molar-refractivity contribution in [2.45, 2.75) is 36.0 Å². The van der Waals surface area contributed by atoms with Crippen molar-refractivity contribution in [2.75, 3.05) is 78.8 Å². The minimum atomic E-state index is -3.75. The number of imidazole rings is 1. The third-order valence-electron chi connectivity index (χ3n) is 9.98. The molecule has 0 amide bonds. The van der Waals surface area contributed by atoms with Crippen molar-refractivity contribution >= 4 is 31.1 Å². The Morgan fingerprint density at radius 1 is 0.500 bits per heavy atom. The fraction of sp³-hybridized carbons (Fsp3) is 0.457. The van der Waals surface area contributed by atoms with E-state index in [1.165, 1.54) is 20.7 Å². The molecular weight excluding hydrogens is 713 g/mol. The molecule has 0 aliphatic carbocycles. The minimum Gasteiger partial charge on any atom is -0.490 e. The number of sulfonamides is 2. The summed E-state index contributed by atoms with van der Waals surface area (Å²) in [5.74, 6) is 1.96. The first kappa shape index (κ1) is 34.9. The number of aromatic nitrogens is 2. The quantitative estimate of drug-likeness (QED) is 0.261. The van der Waals surface area contributed by atoms with Gasteiger partial charge in [0.05, 0.1) is 60.6 Å². The van der Waals surface area contributed by atoms with Gasteiger partial charge < -0.3 is 18.9 Å². The molecule has 4 aliphatic rings. The first-order valence-electron chi connectivity index (χ1n) is 17.6. The van der Waals surface area contributed by atoms with Gasteiger partial charge in [-0.2, -0.15) is 8.61 Å². The molecule has 52 heavy (non-hydrogen) atoms. The summed E-state index contributed by atoms with van der Waals surface area (Å²) < 4.78 is 83.4. The van der Waals surface area contributed by atoms with Gasteiger partial charge in [0.2, 0.25) is 20.0 Å². The van der Waals surface area contributed by atoms with E-state index in [-0.39, 0.29) is 41.7 Å². The molecule has 0 unspecified atom stereocenters. The number of fused-ring (bicyclic) bond motifs is 3. The van der Waals surface area contributed by atoms with Crippen molar-refractivity contribution in [1.82, 2.24) is 27.5 Å². The topological polar surface area (TPSA) is 145 Å². The van der Waals surface area contributed by atoms with Crippen LogP contribution in [-0.2, 0) is 33.4 Å². The van der Waals surface area contributed by atoms with Crippen molar-refractivity contribution in [1.29, 1.82) is 0 Å². The maximum atomic E-state index is 14.0. The fourth-order valence-electron chi connectivity index (χ4n) is 7.07. The van der Waals surface area contributed by atoms with Crippen molar-refractivity contribution in [3.05, 3.63) is 71.1 Å². The summed E-state index contributed by atoms with van der Waals surface area (Å²) in [5, 5.41) is 0. The van der Waals surface area contributed by atoms with Crippen LogP contribution in [0.5, 0.6) is 23.0 Å². The second-order valence-electron chi connectivity index (χ2n) is 13.3. The third-order valence-corrected chi connectivity index (χ3v) is 13.8. The van der Waals surface area contributed by atoms with Gasteiger partial charge >= 0.3 is 5.69 Å². The second-order valence-corrected chi connectivity index (χ2v) is 17.1. The van der Waals surface area contributed by atoms with Crippen LogP contribution in [0.4, 0.5) is 0 Å². The lowest BCUT2D eigenvalue weighted by Gasteiger charge is -2.34. The number of para-hydroxylation sites is 2. The fourth-order valence-corrected chi connectivity index (χ4v) is 9.95. The molecule has 1 aromatic heterocycles.